The summed E-state index contributed by atoms with van der Waals surface area (Å²) in [4.78, 5) is 13.6. The molecule has 2 rings (SSSR count). The summed E-state index contributed by atoms with van der Waals surface area (Å²) in [5.74, 6) is 0. The van der Waals surface area contributed by atoms with Gasteiger partial charge in [0.15, 0.2) is 0 Å². The van der Waals surface area contributed by atoms with Gasteiger partial charge in [-0.15, -0.1) is 0 Å². The summed E-state index contributed by atoms with van der Waals surface area (Å²) in [6.45, 7) is 1.34. The molecule has 0 bridgehead atoms. The zero-order valence-electron chi connectivity index (χ0n) is 9.70. The molecule has 0 saturated heterocycles. The number of carbonyl (C=O) groups is 1. The fourth-order valence-corrected chi connectivity index (χ4v) is 2.00. The summed E-state index contributed by atoms with van der Waals surface area (Å²) in [5, 5.41) is 4.83. The van der Waals surface area contributed by atoms with Crippen molar-refractivity contribution in [1.29, 1.82) is 0 Å². The molecule has 0 aliphatic carbocycles. The number of fused-ring (bicyclic) bond motifs is 1. The normalized spacial score (nSPS) is 10.7. The van der Waals surface area contributed by atoms with Crippen LogP contribution in [0.5, 0.6) is 0 Å². The fourth-order valence-electron chi connectivity index (χ4n) is 1.72. The lowest BCUT2D eigenvalue weighted by Crippen LogP contribution is -2.23. The van der Waals surface area contributed by atoms with Crippen LogP contribution in [0.15, 0.2) is 24.3 Å². The maximum absolute atomic E-state index is 10.3. The molecule has 1 heterocycles. The molecule has 2 aromatic rings. The van der Waals surface area contributed by atoms with E-state index in [4.69, 9.17) is 17.3 Å². The Kier molecular flexibility index (Phi) is 4.07. The van der Waals surface area contributed by atoms with E-state index in [2.05, 4.69) is 15.0 Å². The largest absolute Gasteiger partial charge is 0.448 e. The molecular formula is C12H14ClN3O2. The summed E-state index contributed by atoms with van der Waals surface area (Å²) in [5.41, 5.74) is 6.77. The van der Waals surface area contributed by atoms with E-state index in [1.165, 1.54) is 0 Å². The summed E-state index contributed by atoms with van der Waals surface area (Å²) < 4.78 is 4.60. The standard InChI is InChI=1S/C12H14ClN3O2/c13-11-8-3-1-2-4-9(8)16-10(11)7-15-5-6-18-12(14)17/h1-4,15-16H,5-7H2,(H2,14,17). The van der Waals surface area contributed by atoms with Crippen LogP contribution < -0.4 is 11.1 Å². The SMILES string of the molecule is NC(=O)OCCNCc1[nH]c2ccccc2c1Cl. The van der Waals surface area contributed by atoms with Gasteiger partial charge >= 0.3 is 6.09 Å². The average molecular weight is 268 g/mol. The predicted molar refractivity (Wildman–Crippen MR) is 70.6 cm³/mol. The predicted octanol–water partition coefficient (Wildman–Crippen LogP) is 2.01. The molecule has 1 aromatic carbocycles. The van der Waals surface area contributed by atoms with Crippen LogP contribution in [-0.2, 0) is 11.3 Å². The van der Waals surface area contributed by atoms with Crippen molar-refractivity contribution in [3.63, 3.8) is 0 Å². The van der Waals surface area contributed by atoms with Crippen LogP contribution in [0.25, 0.3) is 10.9 Å². The number of nitrogens with one attached hydrogen (secondary N) is 2. The van der Waals surface area contributed by atoms with E-state index in [1.54, 1.807) is 0 Å². The molecule has 96 valence electrons. The molecule has 18 heavy (non-hydrogen) atoms. The highest BCUT2D eigenvalue weighted by Gasteiger charge is 2.07. The Balaban J connectivity index is 1.91. The van der Waals surface area contributed by atoms with Gasteiger partial charge < -0.3 is 20.8 Å². The van der Waals surface area contributed by atoms with E-state index in [0.717, 1.165) is 16.6 Å². The molecule has 0 radical (unpaired) electrons. The van der Waals surface area contributed by atoms with Gasteiger partial charge in [0.05, 0.1) is 5.02 Å². The second kappa shape index (κ2) is 5.75. The number of benzene rings is 1. The molecule has 1 amide bonds. The van der Waals surface area contributed by atoms with Gasteiger partial charge in [0.1, 0.15) is 6.61 Å². The summed E-state index contributed by atoms with van der Waals surface area (Å²) >= 11 is 6.24. The molecule has 0 atom stereocenters. The number of ether oxygens (including phenoxy) is 1. The van der Waals surface area contributed by atoms with Crippen molar-refractivity contribution >= 4 is 28.6 Å². The van der Waals surface area contributed by atoms with Crippen LogP contribution in [0.1, 0.15) is 5.69 Å². The molecule has 5 nitrogen and oxygen atoms in total. The monoisotopic (exact) mass is 267 g/mol. The Labute approximate surface area is 109 Å². The maximum Gasteiger partial charge on any atom is 0.404 e. The van der Waals surface area contributed by atoms with Crippen LogP contribution in [-0.4, -0.2) is 24.2 Å². The third-order valence-electron chi connectivity index (χ3n) is 2.54. The van der Waals surface area contributed by atoms with Crippen molar-refractivity contribution in [3.8, 4) is 0 Å². The van der Waals surface area contributed by atoms with Crippen LogP contribution in [0.2, 0.25) is 5.02 Å². The third kappa shape index (κ3) is 2.94. The number of rotatable bonds is 5. The molecule has 6 heteroatoms. The van der Waals surface area contributed by atoms with Crippen molar-refractivity contribution < 1.29 is 9.53 Å². The van der Waals surface area contributed by atoms with Crippen molar-refractivity contribution in [2.45, 2.75) is 6.54 Å². The number of amides is 1. The second-order valence-corrected chi connectivity index (χ2v) is 4.19. The zero-order chi connectivity index (χ0) is 13.0. The van der Waals surface area contributed by atoms with Gasteiger partial charge in [0, 0.05) is 29.7 Å². The highest BCUT2D eigenvalue weighted by atomic mass is 35.5. The maximum atomic E-state index is 10.3. The van der Waals surface area contributed by atoms with Gasteiger partial charge in [-0.25, -0.2) is 4.79 Å². The Morgan fingerprint density at radius 3 is 2.94 bits per heavy atom. The number of hydrogen-bond acceptors (Lipinski definition) is 3. The number of aromatic nitrogens is 1. The van der Waals surface area contributed by atoms with Gasteiger partial charge in [-0.2, -0.15) is 0 Å². The Bertz CT molecular complexity index is 553. The number of halogens is 1. The van der Waals surface area contributed by atoms with Gasteiger partial charge in [-0.3, -0.25) is 0 Å². The first-order chi connectivity index (χ1) is 8.68. The summed E-state index contributed by atoms with van der Waals surface area (Å²) in [7, 11) is 0. The first-order valence-corrected chi connectivity index (χ1v) is 5.94. The van der Waals surface area contributed by atoms with Gasteiger partial charge in [0.25, 0.3) is 0 Å². The summed E-state index contributed by atoms with van der Waals surface area (Å²) in [6.07, 6.45) is -0.763. The lowest BCUT2D eigenvalue weighted by atomic mass is 10.2. The molecule has 0 aliphatic rings. The topological polar surface area (TPSA) is 80.1 Å². The Hall–Kier alpha value is -1.72. The Morgan fingerprint density at radius 2 is 2.22 bits per heavy atom. The van der Waals surface area contributed by atoms with Gasteiger partial charge in [-0.05, 0) is 6.07 Å². The van der Waals surface area contributed by atoms with E-state index in [0.29, 0.717) is 18.1 Å². The fraction of sp³-hybridized carbons (Fsp3) is 0.250. The van der Waals surface area contributed by atoms with Gasteiger partial charge in [0.2, 0.25) is 0 Å². The molecule has 0 unspecified atom stereocenters. The van der Waals surface area contributed by atoms with Gasteiger partial charge in [-0.1, -0.05) is 29.8 Å². The Morgan fingerprint density at radius 1 is 1.44 bits per heavy atom. The molecule has 0 fully saturated rings. The molecule has 0 saturated carbocycles. The van der Waals surface area contributed by atoms with E-state index in [-0.39, 0.29) is 6.61 Å². The average Bonchev–Trinajstić information content (AvgIpc) is 2.66. The van der Waals surface area contributed by atoms with Crippen molar-refractivity contribution in [2.24, 2.45) is 5.73 Å². The zero-order valence-corrected chi connectivity index (χ0v) is 10.5. The number of carbonyl (C=O) groups excluding carboxylic acids is 1. The van der Waals surface area contributed by atoms with Crippen molar-refractivity contribution in [3.05, 3.63) is 35.0 Å². The number of H-pyrrole nitrogens is 1. The van der Waals surface area contributed by atoms with Crippen LogP contribution in [0, 0.1) is 0 Å². The highest BCUT2D eigenvalue weighted by Crippen LogP contribution is 2.26. The lowest BCUT2D eigenvalue weighted by Gasteiger charge is -2.03. The third-order valence-corrected chi connectivity index (χ3v) is 2.97. The quantitative estimate of drug-likeness (QED) is 0.725. The number of nitrogens with two attached hydrogens (primary N) is 1. The first kappa shape index (κ1) is 12.7. The smallest absolute Gasteiger partial charge is 0.404 e. The molecular weight excluding hydrogens is 254 g/mol. The lowest BCUT2D eigenvalue weighted by molar-refractivity contribution is 0.157. The minimum Gasteiger partial charge on any atom is -0.448 e. The van der Waals surface area contributed by atoms with E-state index < -0.39 is 6.09 Å². The van der Waals surface area contributed by atoms with Crippen molar-refractivity contribution in [1.82, 2.24) is 10.3 Å². The second-order valence-electron chi connectivity index (χ2n) is 3.81. The molecule has 1 aromatic heterocycles. The number of primary amides is 1. The number of hydrogen-bond donors (Lipinski definition) is 3. The molecule has 0 spiro atoms. The van der Waals surface area contributed by atoms with Crippen molar-refractivity contribution in [2.75, 3.05) is 13.2 Å². The van der Waals surface area contributed by atoms with Crippen LogP contribution in [0.4, 0.5) is 4.79 Å². The molecule has 0 aliphatic heterocycles. The van der Waals surface area contributed by atoms with Crippen LogP contribution >= 0.6 is 11.6 Å². The summed E-state index contributed by atoms with van der Waals surface area (Å²) in [6, 6.07) is 7.84. The van der Waals surface area contributed by atoms with E-state index in [9.17, 15) is 4.79 Å². The molecule has 4 N–H and O–H groups in total. The van der Waals surface area contributed by atoms with Crippen LogP contribution in [0.3, 0.4) is 0 Å². The highest BCUT2D eigenvalue weighted by molar-refractivity contribution is 6.36. The number of para-hydroxylation sites is 1. The first-order valence-electron chi connectivity index (χ1n) is 5.56. The van der Waals surface area contributed by atoms with E-state index in [1.807, 2.05) is 24.3 Å². The minimum absolute atomic E-state index is 0.243. The minimum atomic E-state index is -0.763. The van der Waals surface area contributed by atoms with E-state index >= 15 is 0 Å². The number of aromatic amines is 1.